The summed E-state index contributed by atoms with van der Waals surface area (Å²) in [6.45, 7) is 8.54. The van der Waals surface area contributed by atoms with E-state index in [1.165, 1.54) is 0 Å². The molecule has 0 bridgehead atoms. The summed E-state index contributed by atoms with van der Waals surface area (Å²) in [4.78, 5) is 3.92. The zero-order chi connectivity index (χ0) is 17.0. The van der Waals surface area contributed by atoms with Gasteiger partial charge in [0.1, 0.15) is 9.44 Å². The first-order chi connectivity index (χ1) is 9.80. The number of hydrogen-bond donors (Lipinski definition) is 1. The third-order valence-corrected chi connectivity index (χ3v) is 8.33. The van der Waals surface area contributed by atoms with Crippen LogP contribution >= 0.6 is 43.3 Å². The predicted octanol–water partition coefficient (Wildman–Crippen LogP) is 4.10. The summed E-state index contributed by atoms with van der Waals surface area (Å²) in [5, 5.41) is 0. The van der Waals surface area contributed by atoms with Gasteiger partial charge in [0.05, 0.1) is 5.60 Å². The highest BCUT2D eigenvalue weighted by Crippen LogP contribution is 2.56. The number of hydrogen-bond acceptors (Lipinski definition) is 2. The maximum absolute atomic E-state index is 13.9. The quantitative estimate of drug-likeness (QED) is 0.253. The van der Waals surface area contributed by atoms with Crippen molar-refractivity contribution in [3.63, 3.8) is 0 Å². The Hall–Kier alpha value is 0.290. The first-order valence-corrected chi connectivity index (χ1v) is 10.4. The number of halogens is 5. The molecule has 0 aromatic rings. The number of alkyl halides is 5. The van der Waals surface area contributed by atoms with Crippen LogP contribution in [0.3, 0.4) is 0 Å². The summed E-state index contributed by atoms with van der Waals surface area (Å²) in [6, 6.07) is 0. The van der Waals surface area contributed by atoms with Crippen LogP contribution in [-0.2, 0) is 4.74 Å². The lowest BCUT2D eigenvalue weighted by Gasteiger charge is -2.50. The van der Waals surface area contributed by atoms with Crippen molar-refractivity contribution in [2.24, 2.45) is 10.7 Å². The van der Waals surface area contributed by atoms with Crippen molar-refractivity contribution in [2.75, 3.05) is 4.43 Å². The van der Waals surface area contributed by atoms with E-state index in [1.807, 2.05) is 22.6 Å². The fourth-order valence-corrected chi connectivity index (χ4v) is 7.50. The molecule has 1 saturated heterocycles. The van der Waals surface area contributed by atoms with Gasteiger partial charge in [0, 0.05) is 20.8 Å². The highest BCUT2D eigenvalue weighted by molar-refractivity contribution is 14.2. The zero-order valence-electron chi connectivity index (χ0n) is 12.7. The third-order valence-electron chi connectivity index (χ3n) is 3.65. The standard InChI is InChI=1S/C14H19F3I2N2O/c1-8(2)10(20)21-12(14(15,16)17)6-11(3,4)22-13(18,7-12)9-5-19-9/h1,5-7H2,2-4H3,(H2,20,21). The Morgan fingerprint density at radius 3 is 2.36 bits per heavy atom. The zero-order valence-corrected chi connectivity index (χ0v) is 17.0. The maximum atomic E-state index is 13.9. The summed E-state index contributed by atoms with van der Waals surface area (Å²) < 4.78 is 49.0. The summed E-state index contributed by atoms with van der Waals surface area (Å²) in [7, 11) is 0. The van der Waals surface area contributed by atoms with Gasteiger partial charge in [0.25, 0.3) is 0 Å². The molecule has 3 nitrogen and oxygen atoms in total. The molecule has 0 aromatic carbocycles. The van der Waals surface area contributed by atoms with Gasteiger partial charge in [-0.05, 0) is 48.9 Å². The summed E-state index contributed by atoms with van der Waals surface area (Å²) in [5.41, 5.74) is 2.90. The van der Waals surface area contributed by atoms with Gasteiger partial charge in [-0.2, -0.15) is 13.2 Å². The Morgan fingerprint density at radius 1 is 1.41 bits per heavy atom. The van der Waals surface area contributed by atoms with E-state index in [2.05, 4.69) is 11.6 Å². The van der Waals surface area contributed by atoms with Gasteiger partial charge in [-0.1, -0.05) is 6.58 Å². The van der Waals surface area contributed by atoms with Crippen LogP contribution in [-0.4, -0.2) is 34.7 Å². The normalized spacial score (nSPS) is 35.4. The molecule has 2 heterocycles. The van der Waals surface area contributed by atoms with E-state index in [0.29, 0.717) is 5.57 Å². The van der Waals surface area contributed by atoms with E-state index in [0.717, 1.165) is 7.94 Å². The van der Waals surface area contributed by atoms with Crippen molar-refractivity contribution in [3.05, 3.63) is 12.2 Å². The number of amidine groups is 1. The van der Waals surface area contributed by atoms with Gasteiger partial charge < -0.3 is 10.5 Å². The lowest BCUT2D eigenvalue weighted by atomic mass is 9.78. The number of aliphatic imine (C=N–C) groups is 1. The van der Waals surface area contributed by atoms with Gasteiger partial charge >= 0.3 is 6.18 Å². The molecule has 0 saturated carbocycles. The van der Waals surface area contributed by atoms with Gasteiger partial charge in [0.15, 0.2) is 5.54 Å². The van der Waals surface area contributed by atoms with Crippen molar-refractivity contribution in [2.45, 2.75) is 54.5 Å². The molecule has 8 heteroatoms. The minimum atomic E-state index is -4.49. The van der Waals surface area contributed by atoms with Crippen LogP contribution in [0, 0.1) is 0 Å². The van der Waals surface area contributed by atoms with Gasteiger partial charge in [-0.3, -0.25) is 4.99 Å². The summed E-state index contributed by atoms with van der Waals surface area (Å²) in [5.74, 6) is -0.135. The second kappa shape index (κ2) is 5.68. The summed E-state index contributed by atoms with van der Waals surface area (Å²) in [6.07, 6.45) is -4.94. The second-order valence-electron chi connectivity index (χ2n) is 6.42. The lowest BCUT2D eigenvalue weighted by Crippen LogP contribution is -2.61. The number of rotatable bonds is 3. The van der Waals surface area contributed by atoms with E-state index >= 15 is 0 Å². The molecule has 0 spiro atoms. The van der Waals surface area contributed by atoms with Crippen LogP contribution in [0.25, 0.3) is 0 Å². The maximum Gasteiger partial charge on any atom is 0.413 e. The van der Waals surface area contributed by atoms with Gasteiger partial charge in [0.2, 0.25) is 0 Å². The molecular formula is C14H19F3I2N2O. The van der Waals surface area contributed by atoms with Crippen molar-refractivity contribution in [3.8, 4) is 0 Å². The van der Waals surface area contributed by atoms with E-state index in [4.69, 9.17) is 10.5 Å². The molecular weight excluding hydrogens is 523 g/mol. The van der Waals surface area contributed by atoms with E-state index < -0.39 is 20.9 Å². The van der Waals surface area contributed by atoms with Crippen LogP contribution in [0.4, 0.5) is 13.2 Å². The van der Waals surface area contributed by atoms with Gasteiger partial charge in [-0.25, -0.2) is 0 Å². The highest BCUT2D eigenvalue weighted by Gasteiger charge is 2.65. The van der Waals surface area contributed by atoms with Crippen molar-refractivity contribution in [1.82, 2.24) is 0 Å². The van der Waals surface area contributed by atoms with E-state index in [9.17, 15) is 13.2 Å². The largest absolute Gasteiger partial charge is 0.413 e. The third kappa shape index (κ3) is 3.68. The van der Waals surface area contributed by atoms with Crippen LogP contribution in [0.2, 0.25) is 0 Å². The fourth-order valence-electron chi connectivity index (χ4n) is 2.71. The average molecular weight is 542 g/mol. The van der Waals surface area contributed by atoms with Crippen LogP contribution in [0.15, 0.2) is 17.1 Å². The van der Waals surface area contributed by atoms with Crippen LogP contribution in [0.5, 0.6) is 0 Å². The van der Waals surface area contributed by atoms with Crippen LogP contribution in [0.1, 0.15) is 33.6 Å². The molecule has 126 valence electrons. The first kappa shape index (κ1) is 18.6. The SMILES string of the molecule is C=C(C)C(N)=NC1(C(F)(F)F)CC(C)(C)OC(I)(C2=IC2)C1. The predicted molar refractivity (Wildman–Crippen MR) is 100 cm³/mol. The lowest BCUT2D eigenvalue weighted by molar-refractivity contribution is -0.234. The Bertz CT molecular complexity index is 571. The van der Waals surface area contributed by atoms with Crippen molar-refractivity contribution in [1.29, 1.82) is 0 Å². The average Bonchev–Trinajstić information content (AvgIpc) is 3.07. The fraction of sp³-hybridized carbons (Fsp3) is 0.714. The second-order valence-corrected chi connectivity index (χ2v) is 11.0. The molecule has 2 N–H and O–H groups in total. The monoisotopic (exact) mass is 542 g/mol. The molecule has 2 unspecified atom stereocenters. The van der Waals surface area contributed by atoms with Crippen molar-refractivity contribution < 1.29 is 17.9 Å². The number of ether oxygens (including phenoxy) is 1. The molecule has 2 aliphatic rings. The Balaban J connectivity index is 2.54. The minimum Gasteiger partial charge on any atom is -0.384 e. The Morgan fingerprint density at radius 2 is 1.95 bits per heavy atom. The van der Waals surface area contributed by atoms with Crippen molar-refractivity contribution >= 4 is 52.7 Å². The molecule has 0 amide bonds. The minimum absolute atomic E-state index is 0.135. The molecule has 2 rings (SSSR count). The molecule has 0 radical (unpaired) electrons. The Labute approximate surface area is 151 Å². The molecule has 0 aliphatic carbocycles. The highest BCUT2D eigenvalue weighted by atomic mass is 127. The molecule has 22 heavy (non-hydrogen) atoms. The Kier molecular flexibility index (Phi) is 4.81. The molecule has 2 atom stereocenters. The molecule has 2 aliphatic heterocycles. The molecule has 0 aromatic heterocycles. The topological polar surface area (TPSA) is 47.6 Å². The number of nitrogens with zero attached hydrogens (tertiary/aromatic N) is 1. The van der Waals surface area contributed by atoms with Gasteiger partial charge in [-0.15, -0.1) is 20.7 Å². The van der Waals surface area contributed by atoms with E-state index in [-0.39, 0.29) is 39.4 Å². The smallest absolute Gasteiger partial charge is 0.384 e. The first-order valence-electron chi connectivity index (χ1n) is 6.73. The molecule has 1 fully saturated rings. The summed E-state index contributed by atoms with van der Waals surface area (Å²) >= 11 is 1.90. The number of nitrogens with two attached hydrogens (primary N) is 1. The van der Waals surface area contributed by atoms with Crippen LogP contribution < -0.4 is 5.73 Å². The van der Waals surface area contributed by atoms with E-state index in [1.54, 1.807) is 20.8 Å².